The largest absolute Gasteiger partial charge is 0.207 e. The Morgan fingerprint density at radius 2 is 1.85 bits per heavy atom. The minimum absolute atomic E-state index is 0.193. The van der Waals surface area contributed by atoms with Gasteiger partial charge in [-0.15, -0.1) is 0 Å². The first-order valence-electron chi connectivity index (χ1n) is 4.53. The monoisotopic (exact) mass is 178 g/mol. The molecule has 0 aliphatic heterocycles. The van der Waals surface area contributed by atoms with Gasteiger partial charge in [0.15, 0.2) is 0 Å². The summed E-state index contributed by atoms with van der Waals surface area (Å²) in [5, 5.41) is 0. The fourth-order valence-corrected chi connectivity index (χ4v) is 1.30. The van der Waals surface area contributed by atoms with E-state index < -0.39 is 0 Å². The Morgan fingerprint density at radius 1 is 1.31 bits per heavy atom. The van der Waals surface area contributed by atoms with Crippen LogP contribution in [0.5, 0.6) is 0 Å². The molecule has 0 heterocycles. The van der Waals surface area contributed by atoms with Gasteiger partial charge in [-0.3, -0.25) is 0 Å². The van der Waals surface area contributed by atoms with Crippen molar-refractivity contribution in [2.45, 2.75) is 20.3 Å². The lowest BCUT2D eigenvalue weighted by Crippen LogP contribution is -1.90. The number of rotatable bonds is 3. The van der Waals surface area contributed by atoms with Gasteiger partial charge in [0.05, 0.1) is 0 Å². The van der Waals surface area contributed by atoms with E-state index in [-0.39, 0.29) is 5.82 Å². The lowest BCUT2D eigenvalue weighted by molar-refractivity contribution is 0.627. The molecule has 0 saturated carbocycles. The Morgan fingerprint density at radius 3 is 2.31 bits per heavy atom. The molecule has 0 nitrogen and oxygen atoms in total. The first-order chi connectivity index (χ1) is 6.09. The Hall–Kier alpha value is -1.11. The van der Waals surface area contributed by atoms with Crippen molar-refractivity contribution in [3.8, 4) is 0 Å². The van der Waals surface area contributed by atoms with E-state index in [2.05, 4.69) is 20.4 Å². The average Bonchev–Trinajstić information content (AvgIpc) is 2.04. The Kier molecular flexibility index (Phi) is 3.24. The molecular formula is C12H15F. The summed E-state index contributed by atoms with van der Waals surface area (Å²) < 4.78 is 12.6. The van der Waals surface area contributed by atoms with E-state index >= 15 is 0 Å². The minimum Gasteiger partial charge on any atom is -0.207 e. The predicted octanol–water partition coefficient (Wildman–Crippen LogP) is 3.89. The second kappa shape index (κ2) is 4.22. The SMILES string of the molecule is C=C(CC(C)C)c1ccc(F)cc1. The molecule has 0 saturated heterocycles. The van der Waals surface area contributed by atoms with Crippen LogP contribution in [0.4, 0.5) is 4.39 Å². The van der Waals surface area contributed by atoms with E-state index in [0.717, 1.165) is 17.6 Å². The number of benzene rings is 1. The first-order valence-corrected chi connectivity index (χ1v) is 4.53. The summed E-state index contributed by atoms with van der Waals surface area (Å²) in [5.41, 5.74) is 2.12. The van der Waals surface area contributed by atoms with E-state index in [1.54, 1.807) is 12.1 Å². The van der Waals surface area contributed by atoms with Gasteiger partial charge in [-0.1, -0.05) is 32.6 Å². The fourth-order valence-electron chi connectivity index (χ4n) is 1.30. The van der Waals surface area contributed by atoms with Crippen molar-refractivity contribution < 1.29 is 4.39 Å². The van der Waals surface area contributed by atoms with Crippen molar-refractivity contribution >= 4 is 5.57 Å². The highest BCUT2D eigenvalue weighted by molar-refractivity contribution is 5.63. The summed E-state index contributed by atoms with van der Waals surface area (Å²) in [6.45, 7) is 8.27. The van der Waals surface area contributed by atoms with E-state index in [4.69, 9.17) is 0 Å². The molecule has 1 heteroatoms. The molecule has 1 aromatic carbocycles. The van der Waals surface area contributed by atoms with Crippen LogP contribution in [0.25, 0.3) is 5.57 Å². The molecule has 0 aliphatic rings. The highest BCUT2D eigenvalue weighted by Gasteiger charge is 2.01. The summed E-state index contributed by atoms with van der Waals surface area (Å²) in [5.74, 6) is 0.402. The second-order valence-corrected chi connectivity index (χ2v) is 3.71. The summed E-state index contributed by atoms with van der Waals surface area (Å²) >= 11 is 0. The molecule has 0 aromatic heterocycles. The van der Waals surface area contributed by atoms with Gasteiger partial charge in [0.25, 0.3) is 0 Å². The number of hydrogen-bond donors (Lipinski definition) is 0. The van der Waals surface area contributed by atoms with Gasteiger partial charge in [-0.25, -0.2) is 4.39 Å². The zero-order valence-corrected chi connectivity index (χ0v) is 8.18. The standard InChI is InChI=1S/C12H15F/c1-9(2)8-10(3)11-4-6-12(13)7-5-11/h4-7,9H,3,8H2,1-2H3. The second-order valence-electron chi connectivity index (χ2n) is 3.71. The maximum Gasteiger partial charge on any atom is 0.123 e. The normalized spacial score (nSPS) is 10.5. The molecule has 0 N–H and O–H groups in total. The van der Waals surface area contributed by atoms with E-state index in [9.17, 15) is 4.39 Å². The summed E-state index contributed by atoms with van der Waals surface area (Å²) in [4.78, 5) is 0. The Balaban J connectivity index is 2.72. The van der Waals surface area contributed by atoms with Crippen LogP contribution in [0.2, 0.25) is 0 Å². The van der Waals surface area contributed by atoms with Crippen LogP contribution in [0.3, 0.4) is 0 Å². The van der Waals surface area contributed by atoms with E-state index in [0.29, 0.717) is 5.92 Å². The highest BCUT2D eigenvalue weighted by atomic mass is 19.1. The van der Waals surface area contributed by atoms with Crippen molar-refractivity contribution in [3.63, 3.8) is 0 Å². The fraction of sp³-hybridized carbons (Fsp3) is 0.333. The topological polar surface area (TPSA) is 0 Å². The summed E-state index contributed by atoms with van der Waals surface area (Å²) in [7, 11) is 0. The number of allylic oxidation sites excluding steroid dienone is 1. The van der Waals surface area contributed by atoms with Gasteiger partial charge in [-0.2, -0.15) is 0 Å². The smallest absolute Gasteiger partial charge is 0.123 e. The Bertz CT molecular complexity index is 282. The predicted molar refractivity (Wildman–Crippen MR) is 54.9 cm³/mol. The molecule has 0 atom stereocenters. The van der Waals surface area contributed by atoms with Crippen molar-refractivity contribution in [1.82, 2.24) is 0 Å². The molecule has 0 fully saturated rings. The van der Waals surface area contributed by atoms with Gasteiger partial charge in [0.1, 0.15) is 5.82 Å². The molecule has 13 heavy (non-hydrogen) atoms. The molecule has 0 radical (unpaired) electrons. The molecular weight excluding hydrogens is 163 g/mol. The van der Waals surface area contributed by atoms with Gasteiger partial charge in [0, 0.05) is 0 Å². The first kappa shape index (κ1) is 9.97. The quantitative estimate of drug-likeness (QED) is 0.658. The highest BCUT2D eigenvalue weighted by Crippen LogP contribution is 2.20. The third kappa shape index (κ3) is 3.02. The molecule has 0 spiro atoms. The number of halogens is 1. The van der Waals surface area contributed by atoms with Gasteiger partial charge >= 0.3 is 0 Å². The molecule has 0 unspecified atom stereocenters. The Labute approximate surface area is 79.1 Å². The van der Waals surface area contributed by atoms with Crippen molar-refractivity contribution in [3.05, 3.63) is 42.2 Å². The van der Waals surface area contributed by atoms with Crippen molar-refractivity contribution in [1.29, 1.82) is 0 Å². The van der Waals surface area contributed by atoms with Crippen LogP contribution in [0.15, 0.2) is 30.8 Å². The average molecular weight is 178 g/mol. The van der Waals surface area contributed by atoms with Gasteiger partial charge in [-0.05, 0) is 35.6 Å². The van der Waals surface area contributed by atoms with E-state index in [1.807, 2.05) is 0 Å². The third-order valence-electron chi connectivity index (χ3n) is 1.91. The maximum absolute atomic E-state index is 12.6. The zero-order chi connectivity index (χ0) is 9.84. The van der Waals surface area contributed by atoms with Crippen molar-refractivity contribution in [2.24, 2.45) is 5.92 Å². The van der Waals surface area contributed by atoms with Crippen LogP contribution < -0.4 is 0 Å². The van der Waals surface area contributed by atoms with Crippen LogP contribution in [-0.2, 0) is 0 Å². The van der Waals surface area contributed by atoms with Crippen LogP contribution in [0.1, 0.15) is 25.8 Å². The van der Waals surface area contributed by atoms with Crippen LogP contribution in [-0.4, -0.2) is 0 Å². The van der Waals surface area contributed by atoms with Crippen LogP contribution >= 0.6 is 0 Å². The summed E-state index contributed by atoms with van der Waals surface area (Å²) in [6, 6.07) is 6.50. The molecule has 1 aromatic rings. The molecule has 0 aliphatic carbocycles. The molecule has 70 valence electrons. The third-order valence-corrected chi connectivity index (χ3v) is 1.91. The minimum atomic E-state index is -0.193. The van der Waals surface area contributed by atoms with Gasteiger partial charge < -0.3 is 0 Å². The number of hydrogen-bond acceptors (Lipinski definition) is 0. The zero-order valence-electron chi connectivity index (χ0n) is 8.18. The lowest BCUT2D eigenvalue weighted by Gasteiger charge is -2.08. The van der Waals surface area contributed by atoms with Crippen molar-refractivity contribution in [2.75, 3.05) is 0 Å². The van der Waals surface area contributed by atoms with E-state index in [1.165, 1.54) is 12.1 Å². The maximum atomic E-state index is 12.6. The van der Waals surface area contributed by atoms with Gasteiger partial charge in [0.2, 0.25) is 0 Å². The van der Waals surface area contributed by atoms with Crippen LogP contribution in [0, 0.1) is 11.7 Å². The molecule has 0 amide bonds. The molecule has 0 bridgehead atoms. The molecule has 1 rings (SSSR count). The summed E-state index contributed by atoms with van der Waals surface area (Å²) in [6.07, 6.45) is 0.964. The lowest BCUT2D eigenvalue weighted by atomic mass is 9.98.